The molecule has 0 aromatic heterocycles. The first-order chi connectivity index (χ1) is 17.7. The summed E-state index contributed by atoms with van der Waals surface area (Å²) in [6.45, 7) is 4.59. The fraction of sp³-hybridized carbons (Fsp3) is 0.440. The van der Waals surface area contributed by atoms with Gasteiger partial charge in [0.1, 0.15) is 5.69 Å². The van der Waals surface area contributed by atoms with E-state index in [1.807, 2.05) is 0 Å². The molecule has 0 spiro atoms. The molecule has 0 radical (unpaired) electrons. The zero-order valence-corrected chi connectivity index (χ0v) is 21.1. The summed E-state index contributed by atoms with van der Waals surface area (Å²) < 4.78 is 20.2. The molecule has 0 saturated carbocycles. The number of hydroxylamine groups is 2. The highest BCUT2D eigenvalue weighted by Gasteiger charge is 2.28. The van der Waals surface area contributed by atoms with E-state index >= 15 is 0 Å². The van der Waals surface area contributed by atoms with Crippen LogP contribution in [0.5, 0.6) is 11.5 Å². The number of ether oxygens (including phenoxy) is 4. The van der Waals surface area contributed by atoms with Crippen LogP contribution in [0, 0.1) is 0 Å². The van der Waals surface area contributed by atoms with Crippen molar-refractivity contribution in [3.63, 3.8) is 0 Å². The number of nitrogens with two attached hydrogens (primary N) is 1. The van der Waals surface area contributed by atoms with Crippen molar-refractivity contribution >= 4 is 29.8 Å². The Kier molecular flexibility index (Phi) is 9.50. The molecule has 2 aliphatic carbocycles. The molecule has 37 heavy (non-hydrogen) atoms. The first-order valence-electron chi connectivity index (χ1n) is 12.0. The maximum absolute atomic E-state index is 12.7. The van der Waals surface area contributed by atoms with Gasteiger partial charge in [-0.15, -0.1) is 0 Å². The zero-order chi connectivity index (χ0) is 26.9. The van der Waals surface area contributed by atoms with Crippen molar-refractivity contribution in [3.05, 3.63) is 29.8 Å². The van der Waals surface area contributed by atoms with Gasteiger partial charge in [0, 0.05) is 31.3 Å². The molecule has 12 heteroatoms. The Morgan fingerprint density at radius 3 is 1.89 bits per heavy atom. The second-order valence-corrected chi connectivity index (χ2v) is 8.14. The van der Waals surface area contributed by atoms with Crippen LogP contribution in [0.4, 0.5) is 15.3 Å². The maximum Gasteiger partial charge on any atom is 0.513 e. The average molecular weight is 518 g/mol. The normalized spacial score (nSPS) is 12.8. The van der Waals surface area contributed by atoms with E-state index in [0.717, 1.165) is 17.9 Å². The number of carbonyl (C=O) groups excluding carboxylic acids is 4. The zero-order valence-electron chi connectivity index (χ0n) is 21.1. The third kappa shape index (κ3) is 7.00. The third-order valence-corrected chi connectivity index (χ3v) is 5.64. The van der Waals surface area contributed by atoms with Gasteiger partial charge in [-0.05, 0) is 32.3 Å². The Morgan fingerprint density at radius 2 is 1.41 bits per heavy atom. The lowest BCUT2D eigenvalue weighted by atomic mass is 10.2. The molecule has 3 aliphatic rings. The molecule has 1 saturated heterocycles. The van der Waals surface area contributed by atoms with Gasteiger partial charge in [0.25, 0.3) is 5.91 Å². The van der Waals surface area contributed by atoms with Crippen LogP contribution >= 0.6 is 0 Å². The van der Waals surface area contributed by atoms with Gasteiger partial charge in [0.2, 0.25) is 5.91 Å². The van der Waals surface area contributed by atoms with Crippen LogP contribution in [-0.2, 0) is 30.3 Å². The number of rotatable bonds is 9. The van der Waals surface area contributed by atoms with Gasteiger partial charge in [-0.25, -0.2) is 14.7 Å². The number of hydrogen-bond acceptors (Lipinski definition) is 10. The van der Waals surface area contributed by atoms with E-state index in [-0.39, 0.29) is 55.2 Å². The number of nitrogen functional groups attached to an aromatic ring is 1. The lowest BCUT2D eigenvalue weighted by Gasteiger charge is -2.19. The molecule has 0 unspecified atom stereocenters. The van der Waals surface area contributed by atoms with Crippen molar-refractivity contribution in [3.8, 4) is 22.6 Å². The summed E-state index contributed by atoms with van der Waals surface area (Å²) in [4.78, 5) is 55.9. The molecule has 12 nitrogen and oxygen atoms in total. The molecule has 0 bridgehead atoms. The number of carbonyl (C=O) groups is 4. The Balaban J connectivity index is 1.79. The second-order valence-electron chi connectivity index (χ2n) is 8.14. The monoisotopic (exact) mass is 517 g/mol. The van der Waals surface area contributed by atoms with Crippen molar-refractivity contribution < 1.29 is 43.0 Å². The fourth-order valence-corrected chi connectivity index (χ4v) is 3.77. The number of amides is 2. The highest BCUT2D eigenvalue weighted by molar-refractivity contribution is 5.95. The average Bonchev–Trinajstić information content (AvgIpc) is 3.42. The molecule has 1 aliphatic heterocycles. The lowest BCUT2D eigenvalue weighted by Crippen LogP contribution is -2.36. The lowest BCUT2D eigenvalue weighted by molar-refractivity contribution is -0.182. The van der Waals surface area contributed by atoms with Gasteiger partial charge in [0.05, 0.1) is 19.6 Å². The predicted molar refractivity (Wildman–Crippen MR) is 131 cm³/mol. The summed E-state index contributed by atoms with van der Waals surface area (Å²) in [5.41, 5.74) is 7.32. The van der Waals surface area contributed by atoms with Crippen molar-refractivity contribution in [2.75, 3.05) is 45.7 Å². The summed E-state index contributed by atoms with van der Waals surface area (Å²) in [5, 5.41) is 1.03. The number of anilines is 1. The van der Waals surface area contributed by atoms with Crippen LogP contribution in [-0.4, -0.2) is 74.0 Å². The number of hydrogen-bond donors (Lipinski definition) is 1. The van der Waals surface area contributed by atoms with Crippen LogP contribution in [0.15, 0.2) is 24.3 Å². The number of fused-ring (bicyclic) bond motifs is 1. The third-order valence-electron chi connectivity index (χ3n) is 5.64. The Bertz CT molecular complexity index is 1060. The molecule has 0 atom stereocenters. The molecule has 2 amide bonds. The van der Waals surface area contributed by atoms with E-state index in [4.69, 9.17) is 29.5 Å². The van der Waals surface area contributed by atoms with Crippen molar-refractivity contribution in [1.82, 2.24) is 9.96 Å². The second kappa shape index (κ2) is 12.8. The van der Waals surface area contributed by atoms with Crippen molar-refractivity contribution in [1.29, 1.82) is 0 Å². The number of likely N-dealkylation sites (N-methyl/N-ethyl adjacent to an activating group) is 1. The van der Waals surface area contributed by atoms with Crippen molar-refractivity contribution in [2.45, 2.75) is 33.1 Å². The van der Waals surface area contributed by atoms with Gasteiger partial charge in [-0.1, -0.05) is 24.3 Å². The Hall–Kier alpha value is -4.06. The van der Waals surface area contributed by atoms with Crippen LogP contribution in [0.2, 0.25) is 0 Å². The summed E-state index contributed by atoms with van der Waals surface area (Å²) in [6.07, 6.45) is -0.0795. The molecule has 200 valence electrons. The van der Waals surface area contributed by atoms with Gasteiger partial charge in [0.15, 0.2) is 18.1 Å². The Morgan fingerprint density at radius 1 is 0.892 bits per heavy atom. The van der Waals surface area contributed by atoms with E-state index in [1.165, 1.54) is 7.05 Å². The van der Waals surface area contributed by atoms with Gasteiger partial charge < -0.3 is 29.6 Å². The number of likely N-dealkylation sites (tertiary alicyclic amines) is 1. The summed E-state index contributed by atoms with van der Waals surface area (Å²) in [5.74, 6) is -0.655. The molecule has 1 heterocycles. The van der Waals surface area contributed by atoms with E-state index in [2.05, 4.69) is 0 Å². The quantitative estimate of drug-likeness (QED) is 0.389. The van der Waals surface area contributed by atoms with Gasteiger partial charge >= 0.3 is 12.3 Å². The fourth-order valence-electron chi connectivity index (χ4n) is 3.77. The van der Waals surface area contributed by atoms with Crippen LogP contribution in [0.1, 0.15) is 32.3 Å². The minimum atomic E-state index is -0.979. The van der Waals surface area contributed by atoms with Crippen LogP contribution < -0.4 is 15.2 Å². The molecular weight excluding hydrogens is 486 g/mol. The van der Waals surface area contributed by atoms with E-state index < -0.39 is 12.3 Å². The van der Waals surface area contributed by atoms with Crippen molar-refractivity contribution in [2.24, 2.45) is 0 Å². The molecule has 0 aromatic rings. The van der Waals surface area contributed by atoms with E-state index in [9.17, 15) is 19.2 Å². The van der Waals surface area contributed by atoms with Gasteiger partial charge in [-0.3, -0.25) is 14.4 Å². The first kappa shape index (κ1) is 27.5. The summed E-state index contributed by atoms with van der Waals surface area (Å²) in [7, 11) is 1.44. The minimum Gasteiger partial charge on any atom is -0.434 e. The summed E-state index contributed by atoms with van der Waals surface area (Å²) in [6, 6.07) is 6.43. The molecule has 0 aromatic carbocycles. The Labute approximate surface area is 214 Å². The van der Waals surface area contributed by atoms with Crippen LogP contribution in [0.25, 0.3) is 11.1 Å². The largest absolute Gasteiger partial charge is 0.513 e. The molecule has 3 rings (SSSR count). The molecule has 2 N–H and O–H groups in total. The first-order valence-corrected chi connectivity index (χ1v) is 12.0. The predicted octanol–water partition coefficient (Wildman–Crippen LogP) is 3.00. The van der Waals surface area contributed by atoms with Gasteiger partial charge in [-0.2, -0.15) is 0 Å². The highest BCUT2D eigenvalue weighted by Crippen LogP contribution is 2.50. The SMILES string of the molecule is CCOC(=O)Oc1c2ccc(CC(=O)N(C)OCC(=O)N3CCCC3)ccc-2c(OC(=O)OCC)c1N. The maximum atomic E-state index is 12.7. The standard InChI is InChI=1S/C25H31N3O9/c1-4-33-24(31)36-22-17-10-8-16(9-11-18(17)23(21(22)26)37-25(32)34-5-2)14-19(29)27(3)35-15-20(30)28-12-6-7-13-28/h8-11H,4-7,12-15,26H2,1-3H3. The number of nitrogens with zero attached hydrogens (tertiary/aromatic N) is 2. The summed E-state index contributed by atoms with van der Waals surface area (Å²) >= 11 is 0. The van der Waals surface area contributed by atoms with Crippen LogP contribution in [0.3, 0.4) is 0 Å². The smallest absolute Gasteiger partial charge is 0.434 e. The molecular formula is C25H31N3O9. The van der Waals surface area contributed by atoms with E-state index in [0.29, 0.717) is 29.8 Å². The highest BCUT2D eigenvalue weighted by atomic mass is 16.7. The topological polar surface area (TPSA) is 147 Å². The van der Waals surface area contributed by atoms with E-state index in [1.54, 1.807) is 43.0 Å². The minimum absolute atomic E-state index is 0.0523. The molecule has 1 fully saturated rings.